The van der Waals surface area contributed by atoms with Gasteiger partial charge in [0.1, 0.15) is 12.6 Å². The van der Waals surface area contributed by atoms with Gasteiger partial charge in [-0.2, -0.15) is 13.2 Å². The number of rotatable bonds is 3. The summed E-state index contributed by atoms with van der Waals surface area (Å²) in [4.78, 5) is 3.99. The smallest absolute Gasteiger partial charge is 0.416 e. The molecule has 0 saturated heterocycles. The zero-order valence-electron chi connectivity index (χ0n) is 9.37. The van der Waals surface area contributed by atoms with Gasteiger partial charge in [0.2, 0.25) is 0 Å². The average molecular weight is 259 g/mol. The molecule has 0 bridgehead atoms. The summed E-state index contributed by atoms with van der Waals surface area (Å²) in [5.74, 6) is 0. The lowest BCUT2D eigenvalue weighted by molar-refractivity contribution is -0.137. The first-order chi connectivity index (χ1) is 8.45. The van der Waals surface area contributed by atoms with Crippen molar-refractivity contribution in [1.29, 1.82) is 0 Å². The Labute approximate surface area is 102 Å². The Balaban J connectivity index is 1.91. The average Bonchev–Trinajstić information content (AvgIpc) is 2.72. The van der Waals surface area contributed by atoms with Crippen molar-refractivity contribution in [2.75, 3.05) is 18.5 Å². The van der Waals surface area contributed by atoms with Crippen molar-refractivity contribution in [3.63, 3.8) is 0 Å². The molecule has 4 nitrogen and oxygen atoms in total. The third kappa shape index (κ3) is 3.06. The molecule has 1 atom stereocenters. The van der Waals surface area contributed by atoms with Gasteiger partial charge in [0.25, 0.3) is 6.02 Å². The molecular weight excluding hydrogens is 247 g/mol. The standard InChI is InChI=1S/C11H12F3N3O/c12-11(13,14)7-1-3-8(4-2-7)16-5-9-6-18-10(15)17-9/h1-4,9,16H,5-6H2,(H2,15,17)/t9-/m0/s1. The lowest BCUT2D eigenvalue weighted by Crippen LogP contribution is -2.19. The summed E-state index contributed by atoms with van der Waals surface area (Å²) in [7, 11) is 0. The molecule has 0 radical (unpaired) electrons. The van der Waals surface area contributed by atoms with Crippen LogP contribution in [0.3, 0.4) is 0 Å². The molecule has 0 unspecified atom stereocenters. The van der Waals surface area contributed by atoms with E-state index in [2.05, 4.69) is 10.3 Å². The SMILES string of the molecule is NC1=N[C@@H](CNc2ccc(C(F)(F)F)cc2)CO1. The van der Waals surface area contributed by atoms with Crippen LogP contribution in [0.25, 0.3) is 0 Å². The number of aliphatic imine (C=N–C) groups is 1. The van der Waals surface area contributed by atoms with Crippen molar-refractivity contribution in [3.05, 3.63) is 29.8 Å². The Morgan fingerprint density at radius 1 is 1.33 bits per heavy atom. The van der Waals surface area contributed by atoms with Crippen LogP contribution < -0.4 is 11.1 Å². The summed E-state index contributed by atoms with van der Waals surface area (Å²) in [5, 5.41) is 2.98. The molecule has 1 aromatic carbocycles. The molecule has 1 heterocycles. The van der Waals surface area contributed by atoms with Gasteiger partial charge < -0.3 is 15.8 Å². The van der Waals surface area contributed by atoms with Gasteiger partial charge in [0.05, 0.1) is 5.56 Å². The topological polar surface area (TPSA) is 59.6 Å². The molecular formula is C11H12F3N3O. The van der Waals surface area contributed by atoms with Crippen molar-refractivity contribution in [1.82, 2.24) is 0 Å². The van der Waals surface area contributed by atoms with E-state index in [4.69, 9.17) is 10.5 Å². The van der Waals surface area contributed by atoms with E-state index < -0.39 is 11.7 Å². The second-order valence-electron chi connectivity index (χ2n) is 3.89. The van der Waals surface area contributed by atoms with Crippen LogP contribution in [0.1, 0.15) is 5.56 Å². The van der Waals surface area contributed by atoms with Gasteiger partial charge >= 0.3 is 6.18 Å². The third-order valence-electron chi connectivity index (χ3n) is 2.49. The summed E-state index contributed by atoms with van der Waals surface area (Å²) < 4.78 is 41.9. The van der Waals surface area contributed by atoms with Crippen molar-refractivity contribution >= 4 is 11.7 Å². The van der Waals surface area contributed by atoms with Crippen molar-refractivity contribution in [2.45, 2.75) is 12.2 Å². The van der Waals surface area contributed by atoms with Gasteiger partial charge in [-0.05, 0) is 24.3 Å². The molecule has 3 N–H and O–H groups in total. The van der Waals surface area contributed by atoms with Crippen LogP contribution in [-0.2, 0) is 10.9 Å². The van der Waals surface area contributed by atoms with Crippen LogP contribution in [0.2, 0.25) is 0 Å². The highest BCUT2D eigenvalue weighted by Crippen LogP contribution is 2.29. The van der Waals surface area contributed by atoms with Crippen molar-refractivity contribution < 1.29 is 17.9 Å². The van der Waals surface area contributed by atoms with E-state index in [1.807, 2.05) is 0 Å². The normalized spacial score (nSPS) is 19.3. The quantitative estimate of drug-likeness (QED) is 0.870. The first-order valence-electron chi connectivity index (χ1n) is 5.32. The fourth-order valence-corrected chi connectivity index (χ4v) is 1.55. The summed E-state index contributed by atoms with van der Waals surface area (Å²) >= 11 is 0. The van der Waals surface area contributed by atoms with Gasteiger partial charge in [-0.1, -0.05) is 0 Å². The first-order valence-corrected chi connectivity index (χ1v) is 5.32. The zero-order valence-corrected chi connectivity index (χ0v) is 9.37. The molecule has 1 aromatic rings. The van der Waals surface area contributed by atoms with Crippen LogP contribution in [0.4, 0.5) is 18.9 Å². The number of benzene rings is 1. The molecule has 18 heavy (non-hydrogen) atoms. The number of nitrogens with two attached hydrogens (primary N) is 1. The number of hydrogen-bond acceptors (Lipinski definition) is 4. The number of nitrogens with one attached hydrogen (secondary N) is 1. The number of alkyl halides is 3. The zero-order chi connectivity index (χ0) is 13.2. The monoisotopic (exact) mass is 259 g/mol. The largest absolute Gasteiger partial charge is 0.463 e. The highest BCUT2D eigenvalue weighted by molar-refractivity contribution is 5.73. The molecule has 7 heteroatoms. The number of amidine groups is 1. The molecule has 0 aliphatic carbocycles. The van der Waals surface area contributed by atoms with Crippen molar-refractivity contribution in [3.8, 4) is 0 Å². The predicted octanol–water partition coefficient (Wildman–Crippen LogP) is 1.83. The fraction of sp³-hybridized carbons (Fsp3) is 0.364. The minimum Gasteiger partial charge on any atom is -0.463 e. The van der Waals surface area contributed by atoms with E-state index in [0.717, 1.165) is 12.1 Å². The first kappa shape index (κ1) is 12.5. The molecule has 0 spiro atoms. The van der Waals surface area contributed by atoms with Gasteiger partial charge in [0.15, 0.2) is 0 Å². The second-order valence-corrected chi connectivity index (χ2v) is 3.89. The van der Waals surface area contributed by atoms with Gasteiger partial charge in [-0.25, -0.2) is 4.99 Å². The predicted molar refractivity (Wildman–Crippen MR) is 61.3 cm³/mol. The van der Waals surface area contributed by atoms with Crippen molar-refractivity contribution in [2.24, 2.45) is 10.7 Å². The highest BCUT2D eigenvalue weighted by atomic mass is 19.4. The molecule has 0 aromatic heterocycles. The maximum atomic E-state index is 12.3. The minimum absolute atomic E-state index is 0.104. The number of nitrogens with zero attached hydrogens (tertiary/aromatic N) is 1. The lowest BCUT2D eigenvalue weighted by atomic mass is 10.2. The van der Waals surface area contributed by atoms with E-state index in [1.54, 1.807) is 0 Å². The number of halogens is 3. The van der Waals surface area contributed by atoms with E-state index >= 15 is 0 Å². The Bertz CT molecular complexity index is 442. The minimum atomic E-state index is -4.31. The van der Waals surface area contributed by atoms with Gasteiger partial charge in [0, 0.05) is 12.2 Å². The summed E-state index contributed by atoms with van der Waals surface area (Å²) in [6, 6.07) is 4.87. The maximum Gasteiger partial charge on any atom is 0.416 e. The van der Waals surface area contributed by atoms with E-state index in [9.17, 15) is 13.2 Å². The highest BCUT2D eigenvalue weighted by Gasteiger charge is 2.29. The van der Waals surface area contributed by atoms with Crippen LogP contribution in [0, 0.1) is 0 Å². The van der Waals surface area contributed by atoms with E-state index in [-0.39, 0.29) is 12.1 Å². The molecule has 0 saturated carbocycles. The maximum absolute atomic E-state index is 12.3. The molecule has 2 rings (SSSR count). The summed E-state index contributed by atoms with van der Waals surface area (Å²) in [6.45, 7) is 0.853. The number of anilines is 1. The Morgan fingerprint density at radius 3 is 2.50 bits per heavy atom. The molecule has 0 amide bonds. The van der Waals surface area contributed by atoms with Crippen LogP contribution in [0.15, 0.2) is 29.3 Å². The fourth-order valence-electron chi connectivity index (χ4n) is 1.55. The van der Waals surface area contributed by atoms with Crippen LogP contribution in [0.5, 0.6) is 0 Å². The number of hydrogen-bond donors (Lipinski definition) is 2. The summed E-state index contributed by atoms with van der Waals surface area (Å²) in [6.07, 6.45) is -4.31. The van der Waals surface area contributed by atoms with E-state index in [1.165, 1.54) is 12.1 Å². The Morgan fingerprint density at radius 2 is 2.00 bits per heavy atom. The van der Waals surface area contributed by atoms with Gasteiger partial charge in [-0.3, -0.25) is 0 Å². The Kier molecular flexibility index (Phi) is 3.31. The van der Waals surface area contributed by atoms with Crippen LogP contribution >= 0.6 is 0 Å². The Hall–Kier alpha value is -1.92. The van der Waals surface area contributed by atoms with Gasteiger partial charge in [-0.15, -0.1) is 0 Å². The molecule has 98 valence electrons. The van der Waals surface area contributed by atoms with E-state index in [0.29, 0.717) is 18.8 Å². The third-order valence-corrected chi connectivity index (χ3v) is 2.49. The summed E-state index contributed by atoms with van der Waals surface area (Å²) in [5.41, 5.74) is 5.27. The van der Waals surface area contributed by atoms with Crippen LogP contribution in [-0.4, -0.2) is 25.2 Å². The molecule has 0 fully saturated rings. The molecule has 1 aliphatic heterocycles. The second kappa shape index (κ2) is 4.75. The lowest BCUT2D eigenvalue weighted by Gasteiger charge is -2.10. The molecule has 1 aliphatic rings. The number of ether oxygens (including phenoxy) is 1.